The standard InChI is InChI=1S/C12H21NO3S/c1-9(2)13(17(14,15)10(3)4)8-12-7-6-11(5)16-12/h6-7,9-10H,8H2,1-5H3. The van der Waals surface area contributed by atoms with Crippen molar-refractivity contribution >= 4 is 10.0 Å². The quantitative estimate of drug-likeness (QED) is 0.816. The van der Waals surface area contributed by atoms with Gasteiger partial charge in [-0.05, 0) is 46.8 Å². The van der Waals surface area contributed by atoms with Crippen molar-refractivity contribution in [2.24, 2.45) is 0 Å². The largest absolute Gasteiger partial charge is 0.465 e. The molecule has 0 unspecified atom stereocenters. The van der Waals surface area contributed by atoms with Crippen LogP contribution in [0, 0.1) is 6.92 Å². The molecule has 0 aliphatic heterocycles. The Morgan fingerprint density at radius 3 is 2.18 bits per heavy atom. The van der Waals surface area contributed by atoms with Gasteiger partial charge in [-0.1, -0.05) is 0 Å². The van der Waals surface area contributed by atoms with Gasteiger partial charge in [0.25, 0.3) is 0 Å². The molecule has 1 aromatic rings. The van der Waals surface area contributed by atoms with Crippen LogP contribution in [0.2, 0.25) is 0 Å². The van der Waals surface area contributed by atoms with Crippen LogP contribution in [-0.4, -0.2) is 24.0 Å². The average molecular weight is 259 g/mol. The highest BCUT2D eigenvalue weighted by Crippen LogP contribution is 2.18. The molecule has 0 saturated carbocycles. The highest BCUT2D eigenvalue weighted by Gasteiger charge is 2.28. The molecular weight excluding hydrogens is 238 g/mol. The van der Waals surface area contributed by atoms with Gasteiger partial charge in [0, 0.05) is 6.04 Å². The predicted octanol–water partition coefficient (Wildman–Crippen LogP) is 2.54. The molecule has 0 bridgehead atoms. The molecule has 0 radical (unpaired) electrons. The van der Waals surface area contributed by atoms with Crippen LogP contribution < -0.4 is 0 Å². The second-order valence-corrected chi connectivity index (χ2v) is 7.19. The molecule has 5 heteroatoms. The van der Waals surface area contributed by atoms with E-state index >= 15 is 0 Å². The fraction of sp³-hybridized carbons (Fsp3) is 0.667. The van der Waals surface area contributed by atoms with Crippen molar-refractivity contribution in [3.63, 3.8) is 0 Å². The summed E-state index contributed by atoms with van der Waals surface area (Å²) in [4.78, 5) is 0. The Bertz CT molecular complexity index is 460. The van der Waals surface area contributed by atoms with Crippen LogP contribution in [0.4, 0.5) is 0 Å². The zero-order valence-corrected chi connectivity index (χ0v) is 11.9. The molecule has 4 nitrogen and oxygen atoms in total. The monoisotopic (exact) mass is 259 g/mol. The van der Waals surface area contributed by atoms with Crippen molar-refractivity contribution in [1.82, 2.24) is 4.31 Å². The second-order valence-electron chi connectivity index (χ2n) is 4.75. The summed E-state index contributed by atoms with van der Waals surface area (Å²) in [6, 6.07) is 3.59. The molecule has 1 heterocycles. The van der Waals surface area contributed by atoms with E-state index < -0.39 is 15.3 Å². The Morgan fingerprint density at radius 1 is 1.24 bits per heavy atom. The van der Waals surface area contributed by atoms with Crippen LogP contribution >= 0.6 is 0 Å². The van der Waals surface area contributed by atoms with Gasteiger partial charge in [-0.3, -0.25) is 0 Å². The third-order valence-electron chi connectivity index (χ3n) is 2.61. The fourth-order valence-corrected chi connectivity index (χ4v) is 3.00. The van der Waals surface area contributed by atoms with E-state index in [-0.39, 0.29) is 6.04 Å². The van der Waals surface area contributed by atoms with E-state index in [4.69, 9.17) is 4.42 Å². The summed E-state index contributed by atoms with van der Waals surface area (Å²) in [7, 11) is -3.25. The highest BCUT2D eigenvalue weighted by molar-refractivity contribution is 7.89. The molecule has 0 aliphatic rings. The van der Waals surface area contributed by atoms with Crippen molar-refractivity contribution < 1.29 is 12.8 Å². The Kier molecular flexibility index (Phi) is 4.38. The predicted molar refractivity (Wildman–Crippen MR) is 68.2 cm³/mol. The average Bonchev–Trinajstić information content (AvgIpc) is 2.59. The maximum absolute atomic E-state index is 12.2. The molecule has 0 N–H and O–H groups in total. The summed E-state index contributed by atoms with van der Waals surface area (Å²) in [5.74, 6) is 1.48. The van der Waals surface area contributed by atoms with E-state index in [1.165, 1.54) is 4.31 Å². The molecule has 0 atom stereocenters. The lowest BCUT2D eigenvalue weighted by atomic mass is 10.3. The van der Waals surface area contributed by atoms with Gasteiger partial charge < -0.3 is 4.42 Å². The smallest absolute Gasteiger partial charge is 0.217 e. The van der Waals surface area contributed by atoms with Gasteiger partial charge in [-0.25, -0.2) is 8.42 Å². The molecule has 17 heavy (non-hydrogen) atoms. The molecule has 98 valence electrons. The van der Waals surface area contributed by atoms with E-state index in [0.29, 0.717) is 12.3 Å². The SMILES string of the molecule is Cc1ccc(CN(C(C)C)S(=O)(=O)C(C)C)o1. The van der Waals surface area contributed by atoms with Crippen LogP contribution in [0.1, 0.15) is 39.2 Å². The molecular formula is C12H21NO3S. The summed E-state index contributed by atoms with van der Waals surface area (Å²) in [5.41, 5.74) is 0. The lowest BCUT2D eigenvalue weighted by Crippen LogP contribution is -2.40. The van der Waals surface area contributed by atoms with Gasteiger partial charge in [0.1, 0.15) is 11.5 Å². The van der Waals surface area contributed by atoms with Crippen LogP contribution in [0.15, 0.2) is 16.5 Å². The molecule has 0 saturated heterocycles. The molecule has 1 aromatic heterocycles. The first-order valence-corrected chi connectivity index (χ1v) is 7.31. The van der Waals surface area contributed by atoms with Gasteiger partial charge in [0.15, 0.2) is 0 Å². The number of rotatable bonds is 5. The van der Waals surface area contributed by atoms with E-state index in [1.54, 1.807) is 13.8 Å². The van der Waals surface area contributed by atoms with Gasteiger partial charge in [-0.2, -0.15) is 4.31 Å². The van der Waals surface area contributed by atoms with Gasteiger partial charge in [-0.15, -0.1) is 0 Å². The first-order valence-electron chi connectivity index (χ1n) is 5.81. The minimum Gasteiger partial charge on any atom is -0.465 e. The summed E-state index contributed by atoms with van der Waals surface area (Å²) in [6.07, 6.45) is 0. The van der Waals surface area contributed by atoms with Crippen molar-refractivity contribution in [3.8, 4) is 0 Å². The highest BCUT2D eigenvalue weighted by atomic mass is 32.2. The second kappa shape index (κ2) is 5.23. The maximum Gasteiger partial charge on any atom is 0.217 e. The van der Waals surface area contributed by atoms with E-state index in [9.17, 15) is 8.42 Å². The Hall–Kier alpha value is -0.810. The molecule has 0 aromatic carbocycles. The van der Waals surface area contributed by atoms with Gasteiger partial charge >= 0.3 is 0 Å². The van der Waals surface area contributed by atoms with Gasteiger partial charge in [0.05, 0.1) is 11.8 Å². The summed E-state index contributed by atoms with van der Waals surface area (Å²) in [6.45, 7) is 9.27. The minimum absolute atomic E-state index is 0.0761. The Morgan fingerprint density at radius 2 is 1.82 bits per heavy atom. The van der Waals surface area contributed by atoms with Crippen LogP contribution in [0.25, 0.3) is 0 Å². The third kappa shape index (κ3) is 3.33. The van der Waals surface area contributed by atoms with E-state index in [2.05, 4.69) is 0 Å². The molecule has 0 fully saturated rings. The lowest BCUT2D eigenvalue weighted by molar-refractivity contribution is 0.312. The maximum atomic E-state index is 12.2. The summed E-state index contributed by atoms with van der Waals surface area (Å²) >= 11 is 0. The Labute approximate surface area is 104 Å². The zero-order valence-electron chi connectivity index (χ0n) is 11.1. The third-order valence-corrected chi connectivity index (χ3v) is 5.00. The first kappa shape index (κ1) is 14.3. The van der Waals surface area contributed by atoms with Crippen molar-refractivity contribution in [2.45, 2.75) is 52.5 Å². The molecule has 0 aliphatic carbocycles. The molecule has 1 rings (SSSR count). The van der Waals surface area contributed by atoms with Gasteiger partial charge in [0.2, 0.25) is 10.0 Å². The molecule has 0 spiro atoms. The summed E-state index contributed by atoms with van der Waals surface area (Å²) in [5, 5.41) is -0.416. The lowest BCUT2D eigenvalue weighted by Gasteiger charge is -2.26. The zero-order chi connectivity index (χ0) is 13.2. The fourth-order valence-electron chi connectivity index (χ4n) is 1.56. The van der Waals surface area contributed by atoms with Crippen LogP contribution in [0.3, 0.4) is 0 Å². The number of hydrogen-bond acceptors (Lipinski definition) is 3. The van der Waals surface area contributed by atoms with Crippen LogP contribution in [-0.2, 0) is 16.6 Å². The topological polar surface area (TPSA) is 50.5 Å². The number of sulfonamides is 1. The first-order chi connectivity index (χ1) is 7.75. The van der Waals surface area contributed by atoms with Crippen molar-refractivity contribution in [1.29, 1.82) is 0 Å². The number of furan rings is 1. The van der Waals surface area contributed by atoms with Crippen molar-refractivity contribution in [3.05, 3.63) is 23.7 Å². The molecule has 0 amide bonds. The minimum atomic E-state index is -3.25. The van der Waals surface area contributed by atoms with E-state index in [0.717, 1.165) is 5.76 Å². The van der Waals surface area contributed by atoms with Crippen molar-refractivity contribution in [2.75, 3.05) is 0 Å². The normalized spacial score (nSPS) is 12.9. The number of nitrogens with zero attached hydrogens (tertiary/aromatic N) is 1. The van der Waals surface area contributed by atoms with E-state index in [1.807, 2.05) is 32.9 Å². The van der Waals surface area contributed by atoms with Crippen LogP contribution in [0.5, 0.6) is 0 Å². The number of hydrogen-bond donors (Lipinski definition) is 0. The summed E-state index contributed by atoms with van der Waals surface area (Å²) < 4.78 is 31.2. The Balaban J connectivity index is 2.96. The number of aryl methyl sites for hydroxylation is 1.